The number of fused-ring (bicyclic) bond motifs is 1. The molecule has 2 aromatic rings. The fraction of sp³-hybridized carbons (Fsp3) is 0.467. The van der Waals surface area contributed by atoms with Crippen molar-refractivity contribution in [1.82, 2.24) is 14.8 Å². The van der Waals surface area contributed by atoms with E-state index in [1.54, 1.807) is 0 Å². The van der Waals surface area contributed by atoms with E-state index in [-0.39, 0.29) is 6.04 Å². The molecule has 1 aromatic heterocycles. The van der Waals surface area contributed by atoms with Crippen LogP contribution in [0.1, 0.15) is 49.2 Å². The summed E-state index contributed by atoms with van der Waals surface area (Å²) < 4.78 is 2.30. The third-order valence-electron chi connectivity index (χ3n) is 4.40. The Labute approximate surface area is 112 Å². The zero-order valence-corrected chi connectivity index (χ0v) is 10.9. The summed E-state index contributed by atoms with van der Waals surface area (Å²) in [5.41, 5.74) is 2.63. The Hall–Kier alpha value is -1.84. The summed E-state index contributed by atoms with van der Waals surface area (Å²) in [6, 6.07) is 9.40. The Balaban J connectivity index is 1.63. The van der Waals surface area contributed by atoms with E-state index in [0.717, 1.165) is 12.2 Å². The molecule has 4 nitrogen and oxygen atoms in total. The van der Waals surface area contributed by atoms with Crippen LogP contribution in [-0.4, -0.2) is 14.8 Å². The molecule has 0 bridgehead atoms. The highest BCUT2D eigenvalue weighted by molar-refractivity contribution is 5.57. The standard InChI is InChI=1S/C15H18N4/c1-4-8-13-11(5-1)9-14(17-13)15-18-16-10-19(15)12-6-2-3-7-12/h1,4-5,8,10,12,14,17H,2-3,6-7,9H2/t14-/m0/s1. The summed E-state index contributed by atoms with van der Waals surface area (Å²) in [6.07, 6.45) is 8.13. The van der Waals surface area contributed by atoms with Crippen LogP contribution in [-0.2, 0) is 6.42 Å². The highest BCUT2D eigenvalue weighted by Crippen LogP contribution is 2.36. The fourth-order valence-corrected chi connectivity index (χ4v) is 3.42. The van der Waals surface area contributed by atoms with Crippen LogP contribution in [0.3, 0.4) is 0 Å². The van der Waals surface area contributed by atoms with Gasteiger partial charge in [-0.2, -0.15) is 0 Å². The van der Waals surface area contributed by atoms with Crippen LogP contribution in [0.15, 0.2) is 30.6 Å². The van der Waals surface area contributed by atoms with Crippen LogP contribution >= 0.6 is 0 Å². The third-order valence-corrected chi connectivity index (χ3v) is 4.40. The molecule has 4 heteroatoms. The topological polar surface area (TPSA) is 42.7 Å². The van der Waals surface area contributed by atoms with Crippen molar-refractivity contribution in [3.63, 3.8) is 0 Å². The van der Waals surface area contributed by atoms with Crippen molar-refractivity contribution in [1.29, 1.82) is 0 Å². The second-order valence-electron chi connectivity index (χ2n) is 5.59. The number of hydrogen-bond donors (Lipinski definition) is 1. The maximum absolute atomic E-state index is 4.38. The lowest BCUT2D eigenvalue weighted by atomic mass is 10.1. The van der Waals surface area contributed by atoms with Crippen molar-refractivity contribution >= 4 is 5.69 Å². The van der Waals surface area contributed by atoms with E-state index >= 15 is 0 Å². The predicted molar refractivity (Wildman–Crippen MR) is 74.0 cm³/mol. The van der Waals surface area contributed by atoms with Crippen molar-refractivity contribution in [3.05, 3.63) is 42.0 Å². The molecule has 1 saturated carbocycles. The molecule has 1 aliphatic carbocycles. The monoisotopic (exact) mass is 254 g/mol. The summed E-state index contributed by atoms with van der Waals surface area (Å²) in [6.45, 7) is 0. The number of anilines is 1. The zero-order chi connectivity index (χ0) is 12.7. The lowest BCUT2D eigenvalue weighted by Gasteiger charge is -2.17. The molecule has 1 aliphatic heterocycles. The molecular formula is C15H18N4. The molecule has 4 rings (SSSR count). The molecule has 0 amide bonds. The first-order chi connectivity index (χ1) is 9.42. The van der Waals surface area contributed by atoms with Gasteiger partial charge in [0.2, 0.25) is 0 Å². The first-order valence-corrected chi connectivity index (χ1v) is 7.15. The molecule has 2 aliphatic rings. The van der Waals surface area contributed by atoms with E-state index in [1.807, 2.05) is 6.33 Å². The molecule has 98 valence electrons. The maximum Gasteiger partial charge on any atom is 0.155 e. The fourth-order valence-electron chi connectivity index (χ4n) is 3.42. The first kappa shape index (κ1) is 11.0. The average Bonchev–Trinajstić information content (AvgIpc) is 3.17. The molecule has 0 saturated heterocycles. The highest BCUT2D eigenvalue weighted by atomic mass is 15.3. The molecule has 0 unspecified atom stereocenters. The third kappa shape index (κ3) is 1.82. The Morgan fingerprint density at radius 1 is 1.16 bits per heavy atom. The van der Waals surface area contributed by atoms with E-state index in [9.17, 15) is 0 Å². The maximum atomic E-state index is 4.38. The molecule has 19 heavy (non-hydrogen) atoms. The molecule has 2 heterocycles. The number of nitrogens with one attached hydrogen (secondary N) is 1. The van der Waals surface area contributed by atoms with Crippen LogP contribution in [0.4, 0.5) is 5.69 Å². The minimum absolute atomic E-state index is 0.278. The molecular weight excluding hydrogens is 236 g/mol. The molecule has 0 spiro atoms. The molecule has 1 N–H and O–H groups in total. The number of benzene rings is 1. The number of hydrogen-bond acceptors (Lipinski definition) is 3. The molecule has 0 radical (unpaired) electrons. The van der Waals surface area contributed by atoms with Gasteiger partial charge >= 0.3 is 0 Å². The van der Waals surface area contributed by atoms with Gasteiger partial charge in [-0.15, -0.1) is 10.2 Å². The molecule has 1 atom stereocenters. The van der Waals surface area contributed by atoms with E-state index in [1.165, 1.54) is 36.9 Å². The van der Waals surface area contributed by atoms with Crippen LogP contribution in [0.2, 0.25) is 0 Å². The smallest absolute Gasteiger partial charge is 0.155 e. The van der Waals surface area contributed by atoms with Gasteiger partial charge in [0.1, 0.15) is 6.33 Å². The Bertz CT molecular complexity index is 558. The van der Waals surface area contributed by atoms with Crippen LogP contribution in [0.25, 0.3) is 0 Å². The van der Waals surface area contributed by atoms with Crippen molar-refractivity contribution in [2.24, 2.45) is 0 Å². The first-order valence-electron chi connectivity index (χ1n) is 7.15. The quantitative estimate of drug-likeness (QED) is 0.895. The minimum atomic E-state index is 0.278. The SMILES string of the molecule is c1ccc2c(c1)C[C@@H](c1nncn1C1CCCC1)N2. The molecule has 1 aromatic carbocycles. The lowest BCUT2D eigenvalue weighted by Crippen LogP contribution is -2.16. The second kappa shape index (κ2) is 4.37. The van der Waals surface area contributed by atoms with Crippen molar-refractivity contribution in [3.8, 4) is 0 Å². The summed E-state index contributed by atoms with van der Waals surface area (Å²) in [4.78, 5) is 0. The van der Waals surface area contributed by atoms with Gasteiger partial charge in [0, 0.05) is 18.2 Å². The predicted octanol–water partition coefficient (Wildman–Crippen LogP) is 3.10. The average molecular weight is 254 g/mol. The normalized spacial score (nSPS) is 22.4. The van der Waals surface area contributed by atoms with Crippen LogP contribution in [0.5, 0.6) is 0 Å². The van der Waals surface area contributed by atoms with E-state index in [2.05, 4.69) is 44.3 Å². The van der Waals surface area contributed by atoms with Crippen LogP contribution < -0.4 is 5.32 Å². The van der Waals surface area contributed by atoms with Crippen LogP contribution in [0, 0.1) is 0 Å². The Morgan fingerprint density at radius 3 is 2.84 bits per heavy atom. The van der Waals surface area contributed by atoms with Gasteiger partial charge in [0.15, 0.2) is 5.82 Å². The van der Waals surface area contributed by atoms with E-state index < -0.39 is 0 Å². The molecule has 1 fully saturated rings. The zero-order valence-electron chi connectivity index (χ0n) is 10.9. The summed E-state index contributed by atoms with van der Waals surface area (Å²) in [7, 11) is 0. The number of aromatic nitrogens is 3. The summed E-state index contributed by atoms with van der Waals surface area (Å²) >= 11 is 0. The van der Waals surface area contributed by atoms with Crippen molar-refractivity contribution in [2.75, 3.05) is 5.32 Å². The number of rotatable bonds is 2. The van der Waals surface area contributed by atoms with E-state index in [4.69, 9.17) is 0 Å². The van der Waals surface area contributed by atoms with Crippen molar-refractivity contribution in [2.45, 2.75) is 44.2 Å². The largest absolute Gasteiger partial charge is 0.375 e. The highest BCUT2D eigenvalue weighted by Gasteiger charge is 2.28. The Kier molecular flexibility index (Phi) is 2.53. The minimum Gasteiger partial charge on any atom is -0.375 e. The van der Waals surface area contributed by atoms with Gasteiger partial charge < -0.3 is 9.88 Å². The van der Waals surface area contributed by atoms with Gasteiger partial charge in [0.05, 0.1) is 6.04 Å². The van der Waals surface area contributed by atoms with Gasteiger partial charge in [-0.3, -0.25) is 0 Å². The summed E-state index contributed by atoms with van der Waals surface area (Å²) in [5, 5.41) is 12.1. The van der Waals surface area contributed by atoms with Gasteiger partial charge in [0.25, 0.3) is 0 Å². The van der Waals surface area contributed by atoms with E-state index in [0.29, 0.717) is 6.04 Å². The lowest BCUT2D eigenvalue weighted by molar-refractivity contribution is 0.484. The number of para-hydroxylation sites is 1. The van der Waals surface area contributed by atoms with Gasteiger partial charge in [-0.25, -0.2) is 0 Å². The summed E-state index contributed by atoms with van der Waals surface area (Å²) in [5.74, 6) is 1.10. The number of nitrogens with zero attached hydrogens (tertiary/aromatic N) is 3. The van der Waals surface area contributed by atoms with Gasteiger partial charge in [-0.1, -0.05) is 31.0 Å². The van der Waals surface area contributed by atoms with Gasteiger partial charge in [-0.05, 0) is 24.5 Å². The second-order valence-corrected chi connectivity index (χ2v) is 5.59. The van der Waals surface area contributed by atoms with Crippen molar-refractivity contribution < 1.29 is 0 Å². The Morgan fingerprint density at radius 2 is 2.00 bits per heavy atom.